The molecule has 7 heteroatoms. The van der Waals surface area contributed by atoms with E-state index >= 15 is 0 Å². The number of nitrogens with one attached hydrogen (secondary N) is 1. The maximum absolute atomic E-state index is 13.3. The fraction of sp³-hybridized carbons (Fsp3) is 0.182. The Morgan fingerprint density at radius 3 is 2.55 bits per heavy atom. The van der Waals surface area contributed by atoms with Crippen LogP contribution in [-0.4, -0.2) is 23.6 Å². The van der Waals surface area contributed by atoms with Gasteiger partial charge in [-0.3, -0.25) is 9.69 Å². The van der Waals surface area contributed by atoms with E-state index in [4.69, 9.17) is 9.47 Å². The fourth-order valence-electron chi connectivity index (χ4n) is 3.79. The highest BCUT2D eigenvalue weighted by Gasteiger charge is 2.49. The molecule has 6 nitrogen and oxygen atoms in total. The third-order valence-electron chi connectivity index (χ3n) is 5.47. The molecule has 3 amide bonds. The van der Waals surface area contributed by atoms with Crippen LogP contribution in [0.15, 0.2) is 59.1 Å². The average Bonchev–Trinajstić information content (AvgIpc) is 3.25. The summed E-state index contributed by atoms with van der Waals surface area (Å²) in [6.45, 7) is 2.03. The van der Waals surface area contributed by atoms with Crippen molar-refractivity contribution >= 4 is 38.6 Å². The number of carbonyl (C=O) groups is 2. The van der Waals surface area contributed by atoms with Crippen molar-refractivity contribution in [3.05, 3.63) is 70.2 Å². The summed E-state index contributed by atoms with van der Waals surface area (Å²) in [4.78, 5) is 27.2. The largest absolute Gasteiger partial charge is 0.454 e. The number of nitrogens with zero attached hydrogens (tertiary/aromatic N) is 1. The zero-order chi connectivity index (χ0) is 20.2. The molecule has 0 spiro atoms. The lowest BCUT2D eigenvalue weighted by Gasteiger charge is -2.23. The molecule has 1 N–H and O–H groups in total. The van der Waals surface area contributed by atoms with E-state index in [0.717, 1.165) is 26.4 Å². The first-order valence-electron chi connectivity index (χ1n) is 9.17. The van der Waals surface area contributed by atoms with Crippen LogP contribution in [0.25, 0.3) is 10.8 Å². The standard InChI is InChI=1S/C22H17BrN2O4/c1-22(16-7-6-13-4-2-3-5-14(13)8-16)20(26)25(21(27)24-22)11-15-9-18-19(10-17(15)23)29-12-28-18/h2-10H,11-12H2,1H3,(H,24,27). The van der Waals surface area contributed by atoms with Gasteiger partial charge in [-0.2, -0.15) is 0 Å². The molecule has 0 aromatic heterocycles. The van der Waals surface area contributed by atoms with Gasteiger partial charge in [0.25, 0.3) is 5.91 Å². The number of imide groups is 1. The van der Waals surface area contributed by atoms with Gasteiger partial charge in [0.15, 0.2) is 11.5 Å². The summed E-state index contributed by atoms with van der Waals surface area (Å²) in [6, 6.07) is 16.9. The Bertz CT molecular complexity index is 1180. The Morgan fingerprint density at radius 2 is 1.76 bits per heavy atom. The van der Waals surface area contributed by atoms with Crippen molar-refractivity contribution in [2.24, 2.45) is 0 Å². The topological polar surface area (TPSA) is 67.9 Å². The number of amides is 3. The molecule has 3 aromatic carbocycles. The molecule has 1 unspecified atom stereocenters. The molecule has 0 saturated carbocycles. The second-order valence-corrected chi connectivity index (χ2v) is 8.16. The molecule has 2 aliphatic rings. The van der Waals surface area contributed by atoms with Gasteiger partial charge in [0, 0.05) is 4.47 Å². The molecule has 5 rings (SSSR count). The van der Waals surface area contributed by atoms with Crippen LogP contribution < -0.4 is 14.8 Å². The molecule has 0 bridgehead atoms. The molecule has 1 saturated heterocycles. The van der Waals surface area contributed by atoms with Crippen molar-refractivity contribution in [1.29, 1.82) is 0 Å². The Hall–Kier alpha value is -3.06. The Kier molecular flexibility index (Phi) is 4.03. The van der Waals surface area contributed by atoms with E-state index in [1.165, 1.54) is 4.90 Å². The molecule has 2 aliphatic heterocycles. The number of carbonyl (C=O) groups excluding carboxylic acids is 2. The van der Waals surface area contributed by atoms with Gasteiger partial charge in [-0.1, -0.05) is 52.3 Å². The van der Waals surface area contributed by atoms with Gasteiger partial charge < -0.3 is 14.8 Å². The van der Waals surface area contributed by atoms with Crippen molar-refractivity contribution in [2.45, 2.75) is 19.0 Å². The number of urea groups is 1. The number of hydrogen-bond donors (Lipinski definition) is 1. The van der Waals surface area contributed by atoms with E-state index in [9.17, 15) is 9.59 Å². The quantitative estimate of drug-likeness (QED) is 0.601. The van der Waals surface area contributed by atoms with Gasteiger partial charge in [-0.05, 0) is 47.0 Å². The molecule has 1 atom stereocenters. The predicted molar refractivity (Wildman–Crippen MR) is 111 cm³/mol. The van der Waals surface area contributed by atoms with Crippen molar-refractivity contribution in [3.63, 3.8) is 0 Å². The van der Waals surface area contributed by atoms with E-state index in [0.29, 0.717) is 11.5 Å². The molecule has 0 radical (unpaired) electrons. The number of hydrogen-bond acceptors (Lipinski definition) is 4. The summed E-state index contributed by atoms with van der Waals surface area (Å²) < 4.78 is 11.5. The maximum atomic E-state index is 13.3. The molecular weight excluding hydrogens is 436 g/mol. The smallest absolute Gasteiger partial charge is 0.325 e. The monoisotopic (exact) mass is 452 g/mol. The van der Waals surface area contributed by atoms with E-state index in [1.807, 2.05) is 42.5 Å². The molecule has 2 heterocycles. The van der Waals surface area contributed by atoms with E-state index < -0.39 is 11.6 Å². The number of halogens is 1. The lowest BCUT2D eigenvalue weighted by atomic mass is 9.90. The summed E-state index contributed by atoms with van der Waals surface area (Å²) >= 11 is 3.49. The van der Waals surface area contributed by atoms with Crippen LogP contribution in [0, 0.1) is 0 Å². The van der Waals surface area contributed by atoms with Crippen LogP contribution >= 0.6 is 15.9 Å². The van der Waals surface area contributed by atoms with Crippen molar-refractivity contribution in [2.75, 3.05) is 6.79 Å². The molecule has 146 valence electrons. The first-order chi connectivity index (χ1) is 14.0. The van der Waals surface area contributed by atoms with Crippen LogP contribution in [0.3, 0.4) is 0 Å². The van der Waals surface area contributed by atoms with E-state index in [-0.39, 0.29) is 19.2 Å². The summed E-state index contributed by atoms with van der Waals surface area (Å²) in [7, 11) is 0. The van der Waals surface area contributed by atoms with Crippen molar-refractivity contribution in [1.82, 2.24) is 10.2 Å². The number of fused-ring (bicyclic) bond motifs is 2. The lowest BCUT2D eigenvalue weighted by molar-refractivity contribution is -0.131. The van der Waals surface area contributed by atoms with Crippen molar-refractivity contribution < 1.29 is 19.1 Å². The van der Waals surface area contributed by atoms with Crippen LogP contribution in [0.4, 0.5) is 4.79 Å². The Balaban J connectivity index is 1.47. The Labute approximate surface area is 175 Å². The SMILES string of the molecule is CC1(c2ccc3ccccc3c2)NC(=O)N(Cc2cc3c(cc2Br)OCO3)C1=O. The highest BCUT2D eigenvalue weighted by Crippen LogP contribution is 2.38. The molecular formula is C22H17BrN2O4. The van der Waals surface area contributed by atoms with Crippen LogP contribution in [0.1, 0.15) is 18.1 Å². The van der Waals surface area contributed by atoms with Gasteiger partial charge in [0.1, 0.15) is 5.54 Å². The van der Waals surface area contributed by atoms with E-state index in [1.54, 1.807) is 19.1 Å². The van der Waals surface area contributed by atoms with Crippen LogP contribution in [0.2, 0.25) is 0 Å². The summed E-state index contributed by atoms with van der Waals surface area (Å²) in [5, 5.41) is 4.97. The summed E-state index contributed by atoms with van der Waals surface area (Å²) in [5.41, 5.74) is 0.395. The molecule has 3 aromatic rings. The summed E-state index contributed by atoms with van der Waals surface area (Å²) in [5.74, 6) is 0.953. The Morgan fingerprint density at radius 1 is 1.03 bits per heavy atom. The zero-order valence-electron chi connectivity index (χ0n) is 15.6. The van der Waals surface area contributed by atoms with E-state index in [2.05, 4.69) is 21.2 Å². The minimum Gasteiger partial charge on any atom is -0.454 e. The highest BCUT2D eigenvalue weighted by atomic mass is 79.9. The van der Waals surface area contributed by atoms with Gasteiger partial charge in [-0.15, -0.1) is 0 Å². The minimum absolute atomic E-state index is 0.130. The normalized spacial score (nSPS) is 20.4. The number of benzene rings is 3. The third-order valence-corrected chi connectivity index (χ3v) is 6.21. The average molecular weight is 453 g/mol. The first-order valence-corrected chi connectivity index (χ1v) is 9.96. The molecule has 1 fully saturated rings. The second-order valence-electron chi connectivity index (χ2n) is 7.31. The molecule has 0 aliphatic carbocycles. The van der Waals surface area contributed by atoms with Crippen LogP contribution in [0.5, 0.6) is 11.5 Å². The van der Waals surface area contributed by atoms with Gasteiger partial charge in [-0.25, -0.2) is 4.79 Å². The molecule has 29 heavy (non-hydrogen) atoms. The number of ether oxygens (including phenoxy) is 2. The third kappa shape index (κ3) is 2.84. The van der Waals surface area contributed by atoms with Crippen LogP contribution in [-0.2, 0) is 16.9 Å². The summed E-state index contributed by atoms with van der Waals surface area (Å²) in [6.07, 6.45) is 0. The fourth-order valence-corrected chi connectivity index (χ4v) is 4.24. The second kappa shape index (κ2) is 6.49. The predicted octanol–water partition coefficient (Wildman–Crippen LogP) is 4.30. The van der Waals surface area contributed by atoms with Crippen molar-refractivity contribution in [3.8, 4) is 11.5 Å². The number of rotatable bonds is 3. The first kappa shape index (κ1) is 18.0. The van der Waals surface area contributed by atoms with Gasteiger partial charge >= 0.3 is 6.03 Å². The maximum Gasteiger partial charge on any atom is 0.325 e. The van der Waals surface area contributed by atoms with Gasteiger partial charge in [0.2, 0.25) is 6.79 Å². The lowest BCUT2D eigenvalue weighted by Crippen LogP contribution is -2.40. The minimum atomic E-state index is -1.12. The van der Waals surface area contributed by atoms with Gasteiger partial charge in [0.05, 0.1) is 6.54 Å². The highest BCUT2D eigenvalue weighted by molar-refractivity contribution is 9.10. The zero-order valence-corrected chi connectivity index (χ0v) is 17.2.